The second-order valence-electron chi connectivity index (χ2n) is 6.83. The lowest BCUT2D eigenvalue weighted by Gasteiger charge is -2.20. The lowest BCUT2D eigenvalue weighted by atomic mass is 9.89. The molecule has 1 aliphatic carbocycles. The van der Waals surface area contributed by atoms with Crippen molar-refractivity contribution in [1.82, 2.24) is 24.7 Å². The van der Waals surface area contributed by atoms with Gasteiger partial charge in [0.1, 0.15) is 28.8 Å². The SMILES string of the molecule is Cc1nc(NC(CO)c2nncn2C)c2c3c(sc2n1)CC(C)CC3. The summed E-state index contributed by atoms with van der Waals surface area (Å²) in [5.41, 5.74) is 1.37. The van der Waals surface area contributed by atoms with Gasteiger partial charge < -0.3 is 15.0 Å². The Hall–Kier alpha value is -2.06. The summed E-state index contributed by atoms with van der Waals surface area (Å²) in [5.74, 6) is 2.92. The van der Waals surface area contributed by atoms with Gasteiger partial charge in [0.05, 0.1) is 12.0 Å². The number of aliphatic hydroxyl groups is 1. The van der Waals surface area contributed by atoms with Gasteiger partial charge in [-0.05, 0) is 37.7 Å². The summed E-state index contributed by atoms with van der Waals surface area (Å²) in [6, 6.07) is -0.358. The van der Waals surface area contributed by atoms with E-state index in [1.54, 1.807) is 17.7 Å². The number of aliphatic hydroxyl groups excluding tert-OH is 1. The number of aryl methyl sites for hydroxylation is 3. The van der Waals surface area contributed by atoms with E-state index in [4.69, 9.17) is 0 Å². The first-order valence-corrected chi connectivity index (χ1v) is 9.38. The van der Waals surface area contributed by atoms with Crippen molar-refractivity contribution in [3.05, 3.63) is 28.4 Å². The zero-order chi connectivity index (χ0) is 17.6. The molecule has 0 amide bonds. The van der Waals surface area contributed by atoms with E-state index in [1.165, 1.54) is 16.9 Å². The maximum Gasteiger partial charge on any atom is 0.157 e. The Bertz CT molecular complexity index is 917. The monoisotopic (exact) mass is 358 g/mol. The lowest BCUT2D eigenvalue weighted by Crippen LogP contribution is -2.20. The molecule has 25 heavy (non-hydrogen) atoms. The normalized spacial score (nSPS) is 18.3. The minimum atomic E-state index is -0.358. The zero-order valence-corrected chi connectivity index (χ0v) is 15.5. The molecule has 2 unspecified atom stereocenters. The van der Waals surface area contributed by atoms with Crippen molar-refractivity contribution in [1.29, 1.82) is 0 Å². The summed E-state index contributed by atoms with van der Waals surface area (Å²) in [7, 11) is 1.87. The average molecular weight is 358 g/mol. The quantitative estimate of drug-likeness (QED) is 0.744. The molecule has 0 radical (unpaired) electrons. The Morgan fingerprint density at radius 1 is 1.44 bits per heavy atom. The molecule has 4 rings (SSSR count). The van der Waals surface area contributed by atoms with Crippen LogP contribution in [0.5, 0.6) is 0 Å². The number of hydrogen-bond acceptors (Lipinski definition) is 7. The fourth-order valence-electron chi connectivity index (χ4n) is 3.52. The third-order valence-corrected chi connectivity index (χ3v) is 5.97. The molecule has 0 fully saturated rings. The summed E-state index contributed by atoms with van der Waals surface area (Å²) in [6.07, 6.45) is 5.00. The molecule has 0 bridgehead atoms. The number of nitrogens with zero attached hydrogens (tertiary/aromatic N) is 5. The van der Waals surface area contributed by atoms with Crippen LogP contribution in [0.1, 0.15) is 41.5 Å². The van der Waals surface area contributed by atoms with Crippen LogP contribution in [0.3, 0.4) is 0 Å². The highest BCUT2D eigenvalue weighted by molar-refractivity contribution is 7.19. The van der Waals surface area contributed by atoms with E-state index in [-0.39, 0.29) is 12.6 Å². The van der Waals surface area contributed by atoms with Gasteiger partial charge in [0.25, 0.3) is 0 Å². The van der Waals surface area contributed by atoms with Crippen molar-refractivity contribution in [2.24, 2.45) is 13.0 Å². The van der Waals surface area contributed by atoms with Gasteiger partial charge in [0, 0.05) is 11.9 Å². The summed E-state index contributed by atoms with van der Waals surface area (Å²) in [6.45, 7) is 4.13. The van der Waals surface area contributed by atoms with E-state index in [0.717, 1.165) is 40.6 Å². The Labute approximate surface area is 150 Å². The van der Waals surface area contributed by atoms with Crippen molar-refractivity contribution >= 4 is 27.4 Å². The number of fused-ring (bicyclic) bond motifs is 3. The third kappa shape index (κ3) is 2.89. The molecular formula is C17H22N6OS. The minimum Gasteiger partial charge on any atom is -0.394 e. The molecule has 7 nitrogen and oxygen atoms in total. The lowest BCUT2D eigenvalue weighted by molar-refractivity contribution is 0.270. The van der Waals surface area contributed by atoms with Crippen molar-refractivity contribution in [3.8, 4) is 0 Å². The highest BCUT2D eigenvalue weighted by Gasteiger charge is 2.25. The predicted molar refractivity (Wildman–Crippen MR) is 97.8 cm³/mol. The summed E-state index contributed by atoms with van der Waals surface area (Å²) < 4.78 is 1.81. The number of nitrogens with one attached hydrogen (secondary N) is 1. The fourth-order valence-corrected chi connectivity index (χ4v) is 4.95. The zero-order valence-electron chi connectivity index (χ0n) is 14.7. The largest absolute Gasteiger partial charge is 0.394 e. The number of aromatic nitrogens is 5. The Morgan fingerprint density at radius 3 is 3.00 bits per heavy atom. The molecule has 0 aliphatic heterocycles. The first kappa shape index (κ1) is 16.4. The van der Waals surface area contributed by atoms with Crippen molar-refractivity contribution in [2.75, 3.05) is 11.9 Å². The maximum atomic E-state index is 9.86. The van der Waals surface area contributed by atoms with Gasteiger partial charge in [0.15, 0.2) is 5.82 Å². The van der Waals surface area contributed by atoms with Crippen LogP contribution in [0.4, 0.5) is 5.82 Å². The third-order valence-electron chi connectivity index (χ3n) is 4.82. The van der Waals surface area contributed by atoms with Crippen LogP contribution in [-0.2, 0) is 19.9 Å². The van der Waals surface area contributed by atoms with Crippen molar-refractivity contribution in [2.45, 2.75) is 39.2 Å². The first-order chi connectivity index (χ1) is 12.1. The predicted octanol–water partition coefficient (Wildman–Crippen LogP) is 2.40. The molecule has 0 aromatic carbocycles. The molecule has 132 valence electrons. The molecule has 3 aromatic heterocycles. The number of hydrogen-bond donors (Lipinski definition) is 2. The molecule has 1 aliphatic rings. The second-order valence-corrected chi connectivity index (χ2v) is 7.91. The molecule has 0 saturated heterocycles. The van der Waals surface area contributed by atoms with Gasteiger partial charge in [-0.15, -0.1) is 21.5 Å². The molecule has 2 N–H and O–H groups in total. The van der Waals surface area contributed by atoms with E-state index < -0.39 is 0 Å². The molecule has 8 heteroatoms. The van der Waals surface area contributed by atoms with Crippen LogP contribution in [0.15, 0.2) is 6.33 Å². The maximum absolute atomic E-state index is 9.86. The van der Waals surface area contributed by atoms with E-state index >= 15 is 0 Å². The minimum absolute atomic E-state index is 0.0829. The first-order valence-electron chi connectivity index (χ1n) is 8.57. The number of anilines is 1. The van der Waals surface area contributed by atoms with E-state index in [2.05, 4.69) is 32.4 Å². The van der Waals surface area contributed by atoms with Crippen LogP contribution < -0.4 is 5.32 Å². The second kappa shape index (κ2) is 6.34. The molecular weight excluding hydrogens is 336 g/mol. The Balaban J connectivity index is 1.80. The van der Waals surface area contributed by atoms with Crippen LogP contribution >= 0.6 is 11.3 Å². The number of thiophene rings is 1. The van der Waals surface area contributed by atoms with Crippen LogP contribution in [0.25, 0.3) is 10.2 Å². The Kier molecular flexibility index (Phi) is 4.16. The summed E-state index contributed by atoms with van der Waals surface area (Å²) >= 11 is 1.78. The fraction of sp³-hybridized carbons (Fsp3) is 0.529. The van der Waals surface area contributed by atoms with Gasteiger partial charge in [-0.1, -0.05) is 6.92 Å². The summed E-state index contributed by atoms with van der Waals surface area (Å²) in [4.78, 5) is 11.8. The van der Waals surface area contributed by atoms with E-state index in [0.29, 0.717) is 5.82 Å². The average Bonchev–Trinajstić information content (AvgIpc) is 3.14. The van der Waals surface area contributed by atoms with Gasteiger partial charge in [-0.2, -0.15) is 0 Å². The molecule has 2 atom stereocenters. The van der Waals surface area contributed by atoms with Crippen LogP contribution in [0, 0.1) is 12.8 Å². The van der Waals surface area contributed by atoms with E-state index in [1.807, 2.05) is 18.5 Å². The highest BCUT2D eigenvalue weighted by atomic mass is 32.1. The molecule has 0 saturated carbocycles. The number of rotatable bonds is 4. The van der Waals surface area contributed by atoms with Crippen molar-refractivity contribution in [3.63, 3.8) is 0 Å². The van der Waals surface area contributed by atoms with Crippen LogP contribution in [0.2, 0.25) is 0 Å². The molecule has 3 heterocycles. The van der Waals surface area contributed by atoms with Gasteiger partial charge in [-0.3, -0.25) is 0 Å². The highest BCUT2D eigenvalue weighted by Crippen LogP contribution is 2.40. The Morgan fingerprint density at radius 2 is 2.28 bits per heavy atom. The molecule has 3 aromatic rings. The van der Waals surface area contributed by atoms with Gasteiger partial charge >= 0.3 is 0 Å². The van der Waals surface area contributed by atoms with Crippen LogP contribution in [-0.4, -0.2) is 36.4 Å². The van der Waals surface area contributed by atoms with Crippen molar-refractivity contribution < 1.29 is 5.11 Å². The topological polar surface area (TPSA) is 88.8 Å². The molecule has 0 spiro atoms. The van der Waals surface area contributed by atoms with Gasteiger partial charge in [0.2, 0.25) is 0 Å². The van der Waals surface area contributed by atoms with Gasteiger partial charge in [-0.25, -0.2) is 9.97 Å². The smallest absolute Gasteiger partial charge is 0.157 e. The standard InChI is InChI=1S/C17H22N6OS/c1-9-4-5-11-13(6-9)25-17-14(11)15(19-10(2)20-17)21-12(7-24)16-22-18-8-23(16)3/h8-9,12,24H,4-7H2,1-3H3,(H,19,20,21). The van der Waals surface area contributed by atoms with E-state index in [9.17, 15) is 5.11 Å². The summed E-state index contributed by atoms with van der Waals surface area (Å²) in [5, 5.41) is 22.4.